The number of carbonyl (C=O) groups is 2. The van der Waals surface area contributed by atoms with Crippen LogP contribution in [0.1, 0.15) is 0 Å². The molecule has 0 bridgehead atoms. The summed E-state index contributed by atoms with van der Waals surface area (Å²) in [4.78, 5) is 19.2. The first-order valence-electron chi connectivity index (χ1n) is 3.58. The van der Waals surface area contributed by atoms with Crippen LogP contribution < -0.4 is 11.5 Å². The van der Waals surface area contributed by atoms with E-state index in [-0.39, 0.29) is 13.1 Å². The molecule has 0 rings (SSSR count). The number of aliphatic hydroxyl groups is 2. The summed E-state index contributed by atoms with van der Waals surface area (Å²) < 4.78 is 0. The third-order valence-electron chi connectivity index (χ3n) is 1.02. The van der Waals surface area contributed by atoms with Crippen molar-refractivity contribution in [1.82, 2.24) is 0 Å². The van der Waals surface area contributed by atoms with E-state index in [0.717, 1.165) is 0 Å². The lowest BCUT2D eigenvalue weighted by Gasteiger charge is -1.96. The SMILES string of the molecule is NC[C@@H](O)C(=O)O.NC[C@H](O)C(=O)O. The van der Waals surface area contributed by atoms with Crippen LogP contribution in [0.15, 0.2) is 0 Å². The first kappa shape index (κ1) is 15.3. The number of aliphatic hydroxyl groups excluding tert-OH is 2. The van der Waals surface area contributed by atoms with Crippen LogP contribution in [0.2, 0.25) is 0 Å². The van der Waals surface area contributed by atoms with E-state index in [1.54, 1.807) is 0 Å². The van der Waals surface area contributed by atoms with Gasteiger partial charge in [0.15, 0.2) is 12.2 Å². The maximum atomic E-state index is 9.60. The summed E-state index contributed by atoms with van der Waals surface area (Å²) >= 11 is 0. The fraction of sp³-hybridized carbons (Fsp3) is 0.667. The zero-order chi connectivity index (χ0) is 11.7. The molecular weight excluding hydrogens is 196 g/mol. The molecule has 2 atom stereocenters. The molecule has 0 unspecified atom stereocenters. The van der Waals surface area contributed by atoms with Gasteiger partial charge in [-0.25, -0.2) is 9.59 Å². The molecule has 0 saturated carbocycles. The number of carboxylic acid groups (broad SMARTS) is 2. The van der Waals surface area contributed by atoms with E-state index in [9.17, 15) is 9.59 Å². The minimum absolute atomic E-state index is 0.227. The minimum Gasteiger partial charge on any atom is -0.479 e. The quantitative estimate of drug-likeness (QED) is 0.281. The van der Waals surface area contributed by atoms with Crippen molar-refractivity contribution in [2.24, 2.45) is 11.5 Å². The van der Waals surface area contributed by atoms with Crippen LogP contribution >= 0.6 is 0 Å². The third kappa shape index (κ3) is 8.87. The summed E-state index contributed by atoms with van der Waals surface area (Å²) in [5.74, 6) is -2.55. The van der Waals surface area contributed by atoms with Crippen molar-refractivity contribution in [3.05, 3.63) is 0 Å². The van der Waals surface area contributed by atoms with Crippen molar-refractivity contribution in [1.29, 1.82) is 0 Å². The average molecular weight is 210 g/mol. The molecule has 0 aliphatic heterocycles. The highest BCUT2D eigenvalue weighted by molar-refractivity contribution is 5.72. The molecule has 0 heterocycles. The van der Waals surface area contributed by atoms with Crippen LogP contribution in [0.25, 0.3) is 0 Å². The van der Waals surface area contributed by atoms with E-state index in [2.05, 4.69) is 0 Å². The van der Waals surface area contributed by atoms with Gasteiger partial charge in [-0.05, 0) is 0 Å². The molecule has 84 valence electrons. The first-order chi connectivity index (χ1) is 6.36. The minimum atomic E-state index is -1.40. The maximum absolute atomic E-state index is 9.60. The predicted octanol–water partition coefficient (Wildman–Crippen LogP) is -3.22. The van der Waals surface area contributed by atoms with E-state index in [1.165, 1.54) is 0 Å². The van der Waals surface area contributed by atoms with Gasteiger partial charge in [0.1, 0.15) is 0 Å². The van der Waals surface area contributed by atoms with Gasteiger partial charge in [-0.2, -0.15) is 0 Å². The second kappa shape index (κ2) is 8.38. The standard InChI is InChI=1S/2C3H7NO3/c2*4-1-2(5)3(6)7/h2*2,5H,1,4H2,(H,6,7)/t2*2-/m10/s1. The molecule has 8 nitrogen and oxygen atoms in total. The Labute approximate surface area is 79.7 Å². The highest BCUT2D eigenvalue weighted by Gasteiger charge is 2.08. The molecule has 0 fully saturated rings. The van der Waals surface area contributed by atoms with Crippen LogP contribution in [0.3, 0.4) is 0 Å². The number of hydrogen-bond acceptors (Lipinski definition) is 6. The monoisotopic (exact) mass is 210 g/mol. The maximum Gasteiger partial charge on any atom is 0.333 e. The molecule has 0 saturated heterocycles. The number of rotatable bonds is 4. The fourth-order valence-electron chi connectivity index (χ4n) is 0.202. The van der Waals surface area contributed by atoms with E-state index >= 15 is 0 Å². The van der Waals surface area contributed by atoms with Crippen molar-refractivity contribution < 1.29 is 30.0 Å². The Morgan fingerprint density at radius 2 is 1.14 bits per heavy atom. The van der Waals surface area contributed by atoms with Crippen molar-refractivity contribution >= 4 is 11.9 Å². The fourth-order valence-corrected chi connectivity index (χ4v) is 0.202. The molecule has 0 radical (unpaired) electrons. The van der Waals surface area contributed by atoms with Crippen molar-refractivity contribution in [3.63, 3.8) is 0 Å². The Morgan fingerprint density at radius 1 is 0.929 bits per heavy atom. The van der Waals surface area contributed by atoms with E-state index < -0.39 is 24.1 Å². The molecule has 8 heteroatoms. The van der Waals surface area contributed by atoms with Crippen LogP contribution in [-0.2, 0) is 9.59 Å². The molecule has 0 aliphatic carbocycles. The lowest BCUT2D eigenvalue weighted by molar-refractivity contribution is -0.146. The van der Waals surface area contributed by atoms with Gasteiger partial charge in [0.05, 0.1) is 0 Å². The largest absolute Gasteiger partial charge is 0.479 e. The average Bonchev–Trinajstić information content (AvgIpc) is 2.15. The topological polar surface area (TPSA) is 167 Å². The lowest BCUT2D eigenvalue weighted by Crippen LogP contribution is -2.28. The van der Waals surface area contributed by atoms with Gasteiger partial charge in [-0.15, -0.1) is 0 Å². The third-order valence-corrected chi connectivity index (χ3v) is 1.02. The molecular formula is C6H14N2O6. The summed E-state index contributed by atoms with van der Waals surface area (Å²) in [6.07, 6.45) is -2.81. The predicted molar refractivity (Wildman–Crippen MR) is 45.4 cm³/mol. The molecule has 0 aromatic rings. The van der Waals surface area contributed by atoms with Gasteiger partial charge < -0.3 is 31.9 Å². The highest BCUT2D eigenvalue weighted by atomic mass is 16.4. The van der Waals surface area contributed by atoms with Gasteiger partial charge in [-0.3, -0.25) is 0 Å². The summed E-state index contributed by atoms with van der Waals surface area (Å²) in [6, 6.07) is 0. The molecule has 14 heavy (non-hydrogen) atoms. The summed E-state index contributed by atoms with van der Waals surface area (Å²) in [5, 5.41) is 32.1. The van der Waals surface area contributed by atoms with E-state index in [0.29, 0.717) is 0 Å². The second-order valence-electron chi connectivity index (χ2n) is 2.18. The first-order valence-corrected chi connectivity index (χ1v) is 3.58. The summed E-state index contributed by atoms with van der Waals surface area (Å²) in [5.41, 5.74) is 9.48. The Morgan fingerprint density at radius 3 is 1.14 bits per heavy atom. The molecule has 0 aromatic heterocycles. The molecule has 8 N–H and O–H groups in total. The Bertz CT molecular complexity index is 165. The van der Waals surface area contributed by atoms with Crippen LogP contribution in [0, 0.1) is 0 Å². The Kier molecular flexibility index (Phi) is 9.14. The van der Waals surface area contributed by atoms with E-state index in [1.807, 2.05) is 0 Å². The molecule has 0 amide bonds. The van der Waals surface area contributed by atoms with Crippen molar-refractivity contribution in [3.8, 4) is 0 Å². The molecule has 0 aromatic carbocycles. The van der Waals surface area contributed by atoms with Gasteiger partial charge >= 0.3 is 11.9 Å². The zero-order valence-electron chi connectivity index (χ0n) is 7.33. The molecule has 0 aliphatic rings. The smallest absolute Gasteiger partial charge is 0.333 e. The van der Waals surface area contributed by atoms with Crippen LogP contribution in [-0.4, -0.2) is 57.7 Å². The summed E-state index contributed by atoms with van der Waals surface area (Å²) in [6.45, 7) is -0.454. The van der Waals surface area contributed by atoms with Crippen molar-refractivity contribution in [2.75, 3.05) is 13.1 Å². The Balaban J connectivity index is 0. The van der Waals surface area contributed by atoms with Gasteiger partial charge in [0, 0.05) is 13.1 Å². The zero-order valence-corrected chi connectivity index (χ0v) is 7.33. The van der Waals surface area contributed by atoms with Gasteiger partial charge in [-0.1, -0.05) is 0 Å². The van der Waals surface area contributed by atoms with Crippen LogP contribution in [0.4, 0.5) is 0 Å². The van der Waals surface area contributed by atoms with Gasteiger partial charge in [0.25, 0.3) is 0 Å². The number of aliphatic carboxylic acids is 2. The molecule has 0 spiro atoms. The highest BCUT2D eigenvalue weighted by Crippen LogP contribution is 1.74. The van der Waals surface area contributed by atoms with Crippen molar-refractivity contribution in [2.45, 2.75) is 12.2 Å². The number of nitrogens with two attached hydrogens (primary N) is 2. The summed E-state index contributed by atoms with van der Waals surface area (Å²) in [7, 11) is 0. The second-order valence-corrected chi connectivity index (χ2v) is 2.18. The van der Waals surface area contributed by atoms with Gasteiger partial charge in [0.2, 0.25) is 0 Å². The van der Waals surface area contributed by atoms with Crippen LogP contribution in [0.5, 0.6) is 0 Å². The lowest BCUT2D eigenvalue weighted by atomic mass is 10.4. The normalized spacial score (nSPS) is 13.4. The number of carboxylic acids is 2. The Hall–Kier alpha value is -1.22. The number of hydrogen-bond donors (Lipinski definition) is 6. The van der Waals surface area contributed by atoms with E-state index in [4.69, 9.17) is 31.9 Å².